The molecule has 2 aliphatic heterocycles. The number of likely N-dealkylation sites (N-methyl/N-ethyl adjacent to an activating group) is 1. The summed E-state index contributed by atoms with van der Waals surface area (Å²) in [4.78, 5) is 69.4. The Morgan fingerprint density at radius 2 is 1.60 bits per heavy atom. The molecule has 1 saturated carbocycles. The second kappa shape index (κ2) is 17.0. The van der Waals surface area contributed by atoms with Gasteiger partial charge in [0.05, 0.1) is 6.04 Å². The summed E-state index contributed by atoms with van der Waals surface area (Å²) in [5, 5.41) is 11.2. The molecule has 15 heteroatoms. The van der Waals surface area contributed by atoms with E-state index >= 15 is 0 Å². The minimum absolute atomic E-state index is 0.00829. The highest BCUT2D eigenvalue weighted by Crippen LogP contribution is 2.65. The van der Waals surface area contributed by atoms with Gasteiger partial charge in [0, 0.05) is 46.8 Å². The van der Waals surface area contributed by atoms with Crippen molar-refractivity contribution in [2.24, 2.45) is 22.7 Å². The molecule has 0 aromatic heterocycles. The molecule has 1 aliphatic carbocycles. The third kappa shape index (κ3) is 10.1. The first kappa shape index (κ1) is 41.4. The zero-order valence-corrected chi connectivity index (χ0v) is 32.2. The van der Waals surface area contributed by atoms with Gasteiger partial charge in [-0.3, -0.25) is 19.2 Å². The Morgan fingerprint density at radius 1 is 1.02 bits per heavy atom. The fourth-order valence-corrected chi connectivity index (χ4v) is 8.21. The number of urea groups is 1. The number of carbonyl (C=O) groups is 5. The van der Waals surface area contributed by atoms with Crippen molar-refractivity contribution in [3.8, 4) is 0 Å². The molecule has 284 valence electrons. The van der Waals surface area contributed by atoms with Crippen LogP contribution in [0.25, 0.3) is 0 Å². The van der Waals surface area contributed by atoms with E-state index in [1.165, 1.54) is 31.5 Å². The van der Waals surface area contributed by atoms with Crippen LogP contribution in [0, 0.1) is 22.7 Å². The molecule has 0 aromatic rings. The lowest BCUT2D eigenvalue weighted by Crippen LogP contribution is -2.60. The van der Waals surface area contributed by atoms with Crippen molar-refractivity contribution in [2.45, 2.75) is 117 Å². The molecule has 0 bridgehead atoms. The number of nitrogens with one attached hydrogen (secondary N) is 4. The summed E-state index contributed by atoms with van der Waals surface area (Å²) in [6.07, 6.45) is 8.07. The average molecular weight is 724 g/mol. The number of Topliss-reactive ketones (excluding diaryl/α,β-unsaturated/α-hetero) is 1. The van der Waals surface area contributed by atoms with Crippen LogP contribution in [0.1, 0.15) is 92.4 Å². The Bertz CT molecular complexity index is 1380. The second-order valence-electron chi connectivity index (χ2n) is 16.0. The van der Waals surface area contributed by atoms with Crippen LogP contribution in [0.3, 0.4) is 0 Å². The van der Waals surface area contributed by atoms with Gasteiger partial charge in [-0.05, 0) is 35.5 Å². The Balaban J connectivity index is 1.87. The summed E-state index contributed by atoms with van der Waals surface area (Å²) in [5.41, 5.74) is -0.723. The van der Waals surface area contributed by atoms with E-state index in [1.807, 2.05) is 20.8 Å². The van der Waals surface area contributed by atoms with Crippen molar-refractivity contribution in [1.29, 1.82) is 0 Å². The first-order valence-corrected chi connectivity index (χ1v) is 19.4. The highest BCUT2D eigenvalue weighted by Gasteiger charge is 2.69. The molecular weight excluding hydrogens is 662 g/mol. The predicted molar refractivity (Wildman–Crippen MR) is 192 cm³/mol. The monoisotopic (exact) mass is 723 g/mol. The standard InChI is InChI=1S/C35H61N7O7S/c1-10-20-36-31(45)29(43)24-18-16-14-12-11-13-15-17-19-25(32(46)42-21-23-27(35(23,5)6)28(42)30(44)37-24)38-33(47)39-26(34(2,3)4)22-41(9)50(48,49)40(7)8/h10,23-28H,1,11-22H2,2-9H3,(H,36,45)(H,37,44)(H2,38,39,47)/t23-,24+,25+,26-,27-,28+/m1/s1. The van der Waals surface area contributed by atoms with E-state index in [1.54, 1.807) is 4.90 Å². The van der Waals surface area contributed by atoms with E-state index in [0.29, 0.717) is 32.2 Å². The molecule has 2 heterocycles. The van der Waals surface area contributed by atoms with Gasteiger partial charge in [-0.25, -0.2) is 4.79 Å². The van der Waals surface area contributed by atoms with Gasteiger partial charge in [0.1, 0.15) is 12.1 Å². The molecule has 0 aromatic carbocycles. The Morgan fingerprint density at radius 3 is 2.16 bits per heavy atom. The first-order valence-electron chi connectivity index (χ1n) is 18.0. The van der Waals surface area contributed by atoms with Crippen LogP contribution < -0.4 is 21.3 Å². The number of fused-ring (bicyclic) bond motifs is 3. The molecule has 14 nitrogen and oxygen atoms in total. The van der Waals surface area contributed by atoms with Crippen molar-refractivity contribution < 1.29 is 32.4 Å². The van der Waals surface area contributed by atoms with Crippen LogP contribution in [0.15, 0.2) is 12.7 Å². The van der Waals surface area contributed by atoms with Gasteiger partial charge in [-0.2, -0.15) is 17.0 Å². The van der Waals surface area contributed by atoms with Crippen LogP contribution in [0.2, 0.25) is 0 Å². The average Bonchev–Trinajstić information content (AvgIpc) is 3.33. The van der Waals surface area contributed by atoms with Gasteiger partial charge in [-0.1, -0.05) is 85.6 Å². The number of amides is 5. The molecule has 6 atom stereocenters. The lowest BCUT2D eigenvalue weighted by molar-refractivity contribution is -0.144. The third-order valence-electron chi connectivity index (χ3n) is 10.8. The van der Waals surface area contributed by atoms with Crippen LogP contribution in [0.4, 0.5) is 4.79 Å². The number of carbonyl (C=O) groups excluding carboxylic acids is 5. The highest BCUT2D eigenvalue weighted by molar-refractivity contribution is 7.86. The van der Waals surface area contributed by atoms with Crippen LogP contribution >= 0.6 is 0 Å². The molecule has 50 heavy (non-hydrogen) atoms. The number of hydrogen-bond donors (Lipinski definition) is 4. The van der Waals surface area contributed by atoms with Gasteiger partial charge < -0.3 is 26.2 Å². The summed E-state index contributed by atoms with van der Waals surface area (Å²) in [6, 6.07) is -4.01. The maximum absolute atomic E-state index is 14.4. The van der Waals surface area contributed by atoms with Crippen LogP contribution in [0.5, 0.6) is 0 Å². The molecule has 3 rings (SSSR count). The minimum atomic E-state index is -3.73. The Kier molecular flexibility index (Phi) is 14.1. The molecule has 3 fully saturated rings. The van der Waals surface area contributed by atoms with E-state index in [2.05, 4.69) is 41.7 Å². The largest absolute Gasteiger partial charge is 0.346 e. The van der Waals surface area contributed by atoms with E-state index in [4.69, 9.17) is 0 Å². The molecule has 3 aliphatic rings. The van der Waals surface area contributed by atoms with Gasteiger partial charge in [0.2, 0.25) is 17.6 Å². The molecule has 5 amide bonds. The number of hydrogen-bond acceptors (Lipinski definition) is 7. The van der Waals surface area contributed by atoms with Gasteiger partial charge >= 0.3 is 6.03 Å². The quantitative estimate of drug-likeness (QED) is 0.197. The van der Waals surface area contributed by atoms with Gasteiger partial charge in [0.25, 0.3) is 16.1 Å². The smallest absolute Gasteiger partial charge is 0.315 e. The summed E-state index contributed by atoms with van der Waals surface area (Å²) in [6.45, 7) is 13.9. The van der Waals surface area contributed by atoms with Crippen molar-refractivity contribution in [1.82, 2.24) is 34.8 Å². The highest BCUT2D eigenvalue weighted by atomic mass is 32.2. The van der Waals surface area contributed by atoms with E-state index in [9.17, 15) is 32.4 Å². The van der Waals surface area contributed by atoms with Crippen molar-refractivity contribution in [2.75, 3.05) is 40.8 Å². The molecule has 0 spiro atoms. The summed E-state index contributed by atoms with van der Waals surface area (Å²) in [5.74, 6) is -2.42. The van der Waals surface area contributed by atoms with Crippen LogP contribution in [-0.2, 0) is 29.4 Å². The zero-order valence-electron chi connectivity index (χ0n) is 31.3. The molecule has 0 radical (unpaired) electrons. The second-order valence-corrected chi connectivity index (χ2v) is 18.3. The Hall–Kier alpha value is -3.04. The summed E-state index contributed by atoms with van der Waals surface area (Å²) < 4.78 is 27.8. The normalized spacial score (nSPS) is 27.1. The maximum atomic E-state index is 14.4. The summed E-state index contributed by atoms with van der Waals surface area (Å²) in [7, 11) is 0.604. The van der Waals surface area contributed by atoms with E-state index in [0.717, 1.165) is 36.4 Å². The number of piperidine rings is 1. The lowest BCUT2D eigenvalue weighted by Gasteiger charge is -2.36. The predicted octanol–water partition coefficient (Wildman–Crippen LogP) is 2.17. The molecular formula is C35H61N7O7S. The number of rotatable bonds is 10. The van der Waals surface area contributed by atoms with Gasteiger partial charge in [0.15, 0.2) is 0 Å². The van der Waals surface area contributed by atoms with Crippen molar-refractivity contribution in [3.63, 3.8) is 0 Å². The fourth-order valence-electron chi connectivity index (χ4n) is 7.31. The van der Waals surface area contributed by atoms with E-state index in [-0.39, 0.29) is 36.2 Å². The first-order chi connectivity index (χ1) is 23.2. The topological polar surface area (TPSA) is 177 Å². The third-order valence-corrected chi connectivity index (χ3v) is 12.6. The Labute approximate surface area is 299 Å². The maximum Gasteiger partial charge on any atom is 0.315 e. The minimum Gasteiger partial charge on any atom is -0.346 e. The number of nitrogens with zero attached hydrogens (tertiary/aromatic N) is 3. The zero-order chi connectivity index (χ0) is 37.6. The summed E-state index contributed by atoms with van der Waals surface area (Å²) >= 11 is 0. The lowest BCUT2D eigenvalue weighted by atomic mass is 9.86. The van der Waals surface area contributed by atoms with Crippen molar-refractivity contribution >= 4 is 39.7 Å². The molecule has 0 unspecified atom stereocenters. The van der Waals surface area contributed by atoms with Crippen molar-refractivity contribution in [3.05, 3.63) is 12.7 Å². The SMILES string of the molecule is C=CCNC(=O)C(=O)[C@@H]1CCCCCCCCC[C@H](NC(=O)N[C@H](CN(C)S(=O)(=O)N(C)C)C(C)(C)C)C(=O)N2C[C@@H]3[C@H]([C@H]2C(=O)N1)C3(C)C. The van der Waals surface area contributed by atoms with Gasteiger partial charge in [-0.15, -0.1) is 6.58 Å². The molecule has 4 N–H and O–H groups in total. The molecule has 2 saturated heterocycles. The van der Waals surface area contributed by atoms with Crippen LogP contribution in [-0.4, -0.2) is 116 Å². The fraction of sp³-hybridized carbons (Fsp3) is 0.800. The van der Waals surface area contributed by atoms with E-state index < -0.39 is 63.4 Å². The number of ketones is 1.